The summed E-state index contributed by atoms with van der Waals surface area (Å²) in [5.41, 5.74) is 10.4. The van der Waals surface area contributed by atoms with Crippen molar-refractivity contribution in [3.63, 3.8) is 0 Å². The van der Waals surface area contributed by atoms with Crippen LogP contribution in [0.3, 0.4) is 0 Å². The molecule has 0 aromatic heterocycles. The molecule has 0 bridgehead atoms. The van der Waals surface area contributed by atoms with Crippen LogP contribution in [-0.2, 0) is 0 Å². The number of allylic oxidation sites excluding steroid dienone is 1. The molecule has 2 aromatic rings. The number of hydrogen-bond acceptors (Lipinski definition) is 5. The van der Waals surface area contributed by atoms with Gasteiger partial charge in [-0.05, 0) is 18.6 Å². The van der Waals surface area contributed by atoms with Gasteiger partial charge in [-0.3, -0.25) is 10.1 Å². The highest BCUT2D eigenvalue weighted by Gasteiger charge is 2.25. The van der Waals surface area contributed by atoms with E-state index in [-0.39, 0.29) is 10.6 Å². The molecule has 5 nitrogen and oxygen atoms in total. The maximum Gasteiger partial charge on any atom is 0.260 e. The summed E-state index contributed by atoms with van der Waals surface area (Å²) in [6, 6.07) is 18.1. The molecule has 2 N–H and O–H groups in total. The molecule has 24 heavy (non-hydrogen) atoms. The summed E-state index contributed by atoms with van der Waals surface area (Å²) in [5.74, 6) is 0.410. The van der Waals surface area contributed by atoms with Gasteiger partial charge in [0.1, 0.15) is 0 Å². The van der Waals surface area contributed by atoms with E-state index in [1.165, 1.54) is 11.8 Å². The zero-order chi connectivity index (χ0) is 16.9. The van der Waals surface area contributed by atoms with Crippen LogP contribution in [0.25, 0.3) is 11.1 Å². The Morgan fingerprint density at radius 1 is 1.12 bits per heavy atom. The lowest BCUT2D eigenvalue weighted by Crippen LogP contribution is -2.15. The molecule has 0 spiro atoms. The molecule has 3 rings (SSSR count). The standard InChI is InChI=1S/C18H17N3O2S/c1-13-17(21(22)23)12-24-18(13)11-19-20-16-10-6-5-9-15(16)14-7-3-2-4-8-14/h2-11,19-20H,12H2,1H3/b18-11-. The first-order valence-corrected chi connectivity index (χ1v) is 8.49. The second-order valence-electron chi connectivity index (χ2n) is 5.31. The van der Waals surface area contributed by atoms with E-state index in [1.54, 1.807) is 13.1 Å². The second kappa shape index (κ2) is 7.23. The summed E-state index contributed by atoms with van der Waals surface area (Å²) < 4.78 is 0. The van der Waals surface area contributed by atoms with E-state index in [2.05, 4.69) is 23.0 Å². The van der Waals surface area contributed by atoms with Crippen molar-refractivity contribution in [3.8, 4) is 11.1 Å². The highest BCUT2D eigenvalue weighted by atomic mass is 32.2. The highest BCUT2D eigenvalue weighted by Crippen LogP contribution is 2.35. The van der Waals surface area contributed by atoms with E-state index < -0.39 is 0 Å². The smallest absolute Gasteiger partial charge is 0.260 e. The average Bonchev–Trinajstić information content (AvgIpc) is 2.97. The molecule has 1 heterocycles. The van der Waals surface area contributed by atoms with Gasteiger partial charge in [-0.1, -0.05) is 48.5 Å². The van der Waals surface area contributed by atoms with Gasteiger partial charge >= 0.3 is 0 Å². The van der Waals surface area contributed by atoms with E-state index >= 15 is 0 Å². The van der Waals surface area contributed by atoms with Gasteiger partial charge < -0.3 is 10.9 Å². The van der Waals surface area contributed by atoms with Gasteiger partial charge in [0.05, 0.1) is 16.4 Å². The number of anilines is 1. The lowest BCUT2D eigenvalue weighted by atomic mass is 10.0. The summed E-state index contributed by atoms with van der Waals surface area (Å²) in [5, 5.41) is 10.9. The number of para-hydroxylation sites is 1. The Bertz CT molecular complexity index is 816. The van der Waals surface area contributed by atoms with Gasteiger partial charge in [0.25, 0.3) is 5.70 Å². The van der Waals surface area contributed by atoms with Crippen molar-refractivity contribution in [2.45, 2.75) is 6.92 Å². The Morgan fingerprint density at radius 2 is 1.83 bits per heavy atom. The Morgan fingerprint density at radius 3 is 2.54 bits per heavy atom. The zero-order valence-corrected chi connectivity index (χ0v) is 14.0. The summed E-state index contributed by atoms with van der Waals surface area (Å²) in [4.78, 5) is 11.5. The summed E-state index contributed by atoms with van der Waals surface area (Å²) in [6.07, 6.45) is 1.78. The van der Waals surface area contributed by atoms with Gasteiger partial charge in [0.15, 0.2) is 0 Å². The van der Waals surface area contributed by atoms with Gasteiger partial charge in [0, 0.05) is 22.2 Å². The van der Waals surface area contributed by atoms with Gasteiger partial charge in [-0.2, -0.15) is 0 Å². The quantitative estimate of drug-likeness (QED) is 0.624. The Hall–Kier alpha value is -2.73. The minimum atomic E-state index is -0.304. The first-order valence-electron chi connectivity index (χ1n) is 7.50. The molecule has 0 saturated heterocycles. The van der Waals surface area contributed by atoms with Gasteiger partial charge in [-0.15, -0.1) is 11.8 Å². The number of thioether (sulfide) groups is 1. The van der Waals surface area contributed by atoms with E-state index in [0.717, 1.165) is 27.3 Å². The predicted molar refractivity (Wildman–Crippen MR) is 98.9 cm³/mol. The van der Waals surface area contributed by atoms with Crippen LogP contribution >= 0.6 is 11.8 Å². The van der Waals surface area contributed by atoms with Crippen LogP contribution in [0.1, 0.15) is 6.92 Å². The molecular formula is C18H17N3O2S. The fourth-order valence-corrected chi connectivity index (χ4v) is 3.58. The Balaban J connectivity index is 1.75. The van der Waals surface area contributed by atoms with Crippen LogP contribution in [0.5, 0.6) is 0 Å². The van der Waals surface area contributed by atoms with Crippen LogP contribution in [0.4, 0.5) is 5.69 Å². The Kier molecular flexibility index (Phi) is 4.86. The van der Waals surface area contributed by atoms with Crippen molar-refractivity contribution < 1.29 is 4.92 Å². The molecule has 0 saturated carbocycles. The van der Waals surface area contributed by atoms with Crippen LogP contribution in [-0.4, -0.2) is 10.7 Å². The molecule has 1 aliphatic rings. The third kappa shape index (κ3) is 3.44. The van der Waals surface area contributed by atoms with Crippen molar-refractivity contribution in [1.29, 1.82) is 0 Å². The second-order valence-corrected chi connectivity index (χ2v) is 6.32. The van der Waals surface area contributed by atoms with Gasteiger partial charge in [-0.25, -0.2) is 0 Å². The molecule has 0 amide bonds. The SMILES string of the molecule is CC1=C([N+](=O)[O-])CS/C1=C\NNc1ccccc1-c1ccccc1. The maximum atomic E-state index is 10.9. The summed E-state index contributed by atoms with van der Waals surface area (Å²) >= 11 is 1.47. The Labute approximate surface area is 144 Å². The molecule has 0 radical (unpaired) electrons. The zero-order valence-electron chi connectivity index (χ0n) is 13.2. The van der Waals surface area contributed by atoms with Crippen molar-refractivity contribution in [2.24, 2.45) is 0 Å². The minimum Gasteiger partial charge on any atom is -0.307 e. The van der Waals surface area contributed by atoms with Crippen molar-refractivity contribution in [2.75, 3.05) is 11.2 Å². The number of nitrogens with one attached hydrogen (secondary N) is 2. The van der Waals surface area contributed by atoms with E-state index in [0.29, 0.717) is 5.75 Å². The lowest BCUT2D eigenvalue weighted by molar-refractivity contribution is -0.424. The van der Waals surface area contributed by atoms with E-state index in [1.807, 2.05) is 42.5 Å². The van der Waals surface area contributed by atoms with Crippen LogP contribution in [0.2, 0.25) is 0 Å². The van der Waals surface area contributed by atoms with Crippen molar-refractivity contribution in [3.05, 3.63) is 87.1 Å². The lowest BCUT2D eigenvalue weighted by Gasteiger charge is -2.12. The summed E-state index contributed by atoms with van der Waals surface area (Å²) in [7, 11) is 0. The van der Waals surface area contributed by atoms with Crippen molar-refractivity contribution >= 4 is 17.4 Å². The van der Waals surface area contributed by atoms with E-state index in [4.69, 9.17) is 0 Å². The van der Waals surface area contributed by atoms with Crippen LogP contribution in [0.15, 0.2) is 77.0 Å². The number of benzene rings is 2. The van der Waals surface area contributed by atoms with Crippen LogP contribution in [0, 0.1) is 10.1 Å². The molecule has 0 aliphatic carbocycles. The summed E-state index contributed by atoms with van der Waals surface area (Å²) in [6.45, 7) is 1.78. The largest absolute Gasteiger partial charge is 0.307 e. The molecular weight excluding hydrogens is 322 g/mol. The van der Waals surface area contributed by atoms with Crippen LogP contribution < -0.4 is 10.9 Å². The van der Waals surface area contributed by atoms with E-state index in [9.17, 15) is 10.1 Å². The molecule has 6 heteroatoms. The fraction of sp³-hybridized carbons (Fsp3) is 0.111. The van der Waals surface area contributed by atoms with Gasteiger partial charge in [0.2, 0.25) is 0 Å². The average molecular weight is 339 g/mol. The number of nitrogens with zero attached hydrogens (tertiary/aromatic N) is 1. The molecule has 2 aromatic carbocycles. The predicted octanol–water partition coefficient (Wildman–Crippen LogP) is 4.41. The molecule has 0 unspecified atom stereocenters. The molecule has 0 fully saturated rings. The van der Waals surface area contributed by atoms with Crippen molar-refractivity contribution in [1.82, 2.24) is 5.43 Å². The number of rotatable bonds is 5. The number of hydrazine groups is 1. The first kappa shape index (κ1) is 16.1. The highest BCUT2D eigenvalue weighted by molar-refractivity contribution is 8.03. The number of hydrogen-bond donors (Lipinski definition) is 2. The topological polar surface area (TPSA) is 67.2 Å². The molecule has 1 aliphatic heterocycles. The molecule has 122 valence electrons. The fourth-order valence-electron chi connectivity index (χ4n) is 2.49. The molecule has 0 atom stereocenters. The monoisotopic (exact) mass is 339 g/mol. The third-order valence-electron chi connectivity index (χ3n) is 3.81. The first-order chi connectivity index (χ1) is 11.7. The maximum absolute atomic E-state index is 10.9. The number of nitro groups is 1. The third-order valence-corrected chi connectivity index (χ3v) is 4.96. The minimum absolute atomic E-state index is 0.276. The normalized spacial score (nSPS) is 15.6.